The number of hydrogen-bond acceptors (Lipinski definition) is 5. The maximum atomic E-state index is 13.5. The van der Waals surface area contributed by atoms with Gasteiger partial charge in [-0.2, -0.15) is 5.10 Å². The highest BCUT2D eigenvalue weighted by Gasteiger charge is 2.48. The van der Waals surface area contributed by atoms with Crippen molar-refractivity contribution < 1.29 is 9.18 Å². The Labute approximate surface area is 138 Å². The van der Waals surface area contributed by atoms with Crippen LogP contribution < -0.4 is 5.43 Å². The van der Waals surface area contributed by atoms with Crippen molar-refractivity contribution in [2.75, 3.05) is 13.1 Å². The minimum Gasteiger partial charge on any atom is -0.308 e. The zero-order valence-corrected chi connectivity index (χ0v) is 13.8. The summed E-state index contributed by atoms with van der Waals surface area (Å²) in [6, 6.07) is 6.44. The smallest absolute Gasteiger partial charge is 0.308 e. The Bertz CT molecular complexity index is 665. The van der Waals surface area contributed by atoms with Crippen molar-refractivity contribution in [2.45, 2.75) is 25.4 Å². The maximum Gasteiger partial charge on any atom is 0.322 e. The molecule has 122 valence electrons. The molecule has 0 bridgehead atoms. The Morgan fingerprint density at radius 1 is 1.35 bits per heavy atom. The van der Waals surface area contributed by atoms with Crippen LogP contribution in [0.2, 0.25) is 0 Å². The molecule has 0 radical (unpaired) electrons. The number of carbonyl (C=O) groups is 1. The molecule has 2 amide bonds. The average Bonchev–Trinajstić information content (AvgIpc) is 3.04. The highest BCUT2D eigenvalue weighted by Crippen LogP contribution is 2.36. The molecule has 0 aliphatic carbocycles. The Balaban J connectivity index is 1.68. The lowest BCUT2D eigenvalue weighted by atomic mass is 10.2. The molecule has 0 aromatic heterocycles. The number of amidine groups is 1. The number of likely N-dealkylation sites (N-methyl/N-ethyl adjacent to an activating group) is 2. The third-order valence-electron chi connectivity index (χ3n) is 3.81. The first-order valence-corrected chi connectivity index (χ1v) is 8.39. The molecule has 2 atom stereocenters. The molecule has 1 fully saturated rings. The summed E-state index contributed by atoms with van der Waals surface area (Å²) in [6.07, 6.45) is 1.23. The van der Waals surface area contributed by atoms with Crippen molar-refractivity contribution in [2.24, 2.45) is 10.1 Å². The standard InChI is InChI=1S/C15H18FN5OS/c1-3-20-12-13(21(4-2)15(20)22)23-14(18-12)19-17-9-10-7-5-6-8-11(10)16/h5-9,12-13H,3-4H2,1-2H3,(H,18,19)/b17-9+. The van der Waals surface area contributed by atoms with Gasteiger partial charge in [0.15, 0.2) is 11.3 Å². The molecule has 2 unspecified atom stereocenters. The van der Waals surface area contributed by atoms with Crippen molar-refractivity contribution >= 4 is 29.2 Å². The number of carbonyl (C=O) groups excluding carboxylic acids is 1. The highest BCUT2D eigenvalue weighted by molar-refractivity contribution is 8.14. The summed E-state index contributed by atoms with van der Waals surface area (Å²) < 4.78 is 13.5. The molecule has 8 heteroatoms. The van der Waals surface area contributed by atoms with E-state index in [4.69, 9.17) is 0 Å². The van der Waals surface area contributed by atoms with Gasteiger partial charge in [0, 0.05) is 18.7 Å². The highest BCUT2D eigenvalue weighted by atomic mass is 32.2. The Morgan fingerprint density at radius 3 is 2.78 bits per heavy atom. The Kier molecular flexibility index (Phi) is 4.51. The zero-order chi connectivity index (χ0) is 16.4. The fraction of sp³-hybridized carbons (Fsp3) is 0.400. The third kappa shape index (κ3) is 2.90. The number of rotatable bonds is 4. The number of halogens is 1. The van der Waals surface area contributed by atoms with E-state index in [-0.39, 0.29) is 23.4 Å². The fourth-order valence-corrected chi connectivity index (χ4v) is 3.85. The first-order valence-electron chi connectivity index (χ1n) is 7.51. The lowest BCUT2D eigenvalue weighted by Gasteiger charge is -2.18. The van der Waals surface area contributed by atoms with Crippen LogP contribution in [0, 0.1) is 5.82 Å². The number of benzene rings is 1. The number of hydrazone groups is 1. The summed E-state index contributed by atoms with van der Waals surface area (Å²) >= 11 is 1.47. The molecule has 1 aromatic carbocycles. The van der Waals surface area contributed by atoms with Crippen LogP contribution in [0.1, 0.15) is 19.4 Å². The van der Waals surface area contributed by atoms with Crippen molar-refractivity contribution in [1.29, 1.82) is 0 Å². The van der Waals surface area contributed by atoms with Crippen molar-refractivity contribution in [3.8, 4) is 0 Å². The van der Waals surface area contributed by atoms with E-state index in [1.807, 2.05) is 13.8 Å². The molecule has 6 nitrogen and oxygen atoms in total. The number of fused-ring (bicyclic) bond motifs is 1. The van der Waals surface area contributed by atoms with Gasteiger partial charge in [0.05, 0.1) is 6.21 Å². The first-order chi connectivity index (χ1) is 11.2. The van der Waals surface area contributed by atoms with Gasteiger partial charge < -0.3 is 4.90 Å². The van der Waals surface area contributed by atoms with E-state index in [9.17, 15) is 9.18 Å². The molecule has 0 saturated carbocycles. The number of thioether (sulfide) groups is 1. The van der Waals surface area contributed by atoms with Gasteiger partial charge in [0.25, 0.3) is 0 Å². The van der Waals surface area contributed by atoms with E-state index < -0.39 is 0 Å². The number of nitrogens with one attached hydrogen (secondary N) is 1. The van der Waals surface area contributed by atoms with Crippen molar-refractivity contribution in [3.05, 3.63) is 35.6 Å². The number of urea groups is 1. The second-order valence-corrected chi connectivity index (χ2v) is 6.21. The maximum absolute atomic E-state index is 13.5. The van der Waals surface area contributed by atoms with Gasteiger partial charge in [-0.05, 0) is 19.9 Å². The largest absolute Gasteiger partial charge is 0.322 e. The van der Waals surface area contributed by atoms with Crippen molar-refractivity contribution in [1.82, 2.24) is 15.2 Å². The van der Waals surface area contributed by atoms with Crippen LogP contribution >= 0.6 is 11.8 Å². The van der Waals surface area contributed by atoms with Gasteiger partial charge in [-0.25, -0.2) is 14.2 Å². The second kappa shape index (κ2) is 6.57. The van der Waals surface area contributed by atoms with Crippen LogP contribution in [-0.2, 0) is 0 Å². The van der Waals surface area contributed by atoms with Gasteiger partial charge in [-0.15, -0.1) is 0 Å². The number of aliphatic imine (C=N–C) groups is 1. The van der Waals surface area contributed by atoms with E-state index in [1.165, 1.54) is 24.0 Å². The second-order valence-electron chi connectivity index (χ2n) is 5.10. The summed E-state index contributed by atoms with van der Waals surface area (Å²) in [5.41, 5.74) is 3.25. The monoisotopic (exact) mass is 335 g/mol. The van der Waals surface area contributed by atoms with Gasteiger partial charge in [0.1, 0.15) is 11.2 Å². The Hall–Kier alpha value is -2.09. The molecule has 1 N–H and O–H groups in total. The molecular weight excluding hydrogens is 317 g/mol. The minimum atomic E-state index is -0.323. The lowest BCUT2D eigenvalue weighted by Crippen LogP contribution is -2.35. The normalized spacial score (nSPS) is 23.6. The summed E-state index contributed by atoms with van der Waals surface area (Å²) in [7, 11) is 0. The van der Waals surface area contributed by atoms with Gasteiger partial charge in [0.2, 0.25) is 0 Å². The van der Waals surface area contributed by atoms with Crippen LogP contribution in [0.5, 0.6) is 0 Å². The number of nitrogens with zero attached hydrogens (tertiary/aromatic N) is 4. The van der Waals surface area contributed by atoms with Crippen LogP contribution in [0.4, 0.5) is 9.18 Å². The predicted octanol–water partition coefficient (Wildman–Crippen LogP) is 2.28. The van der Waals surface area contributed by atoms with E-state index in [0.717, 1.165) is 0 Å². The molecule has 1 saturated heterocycles. The first kappa shape index (κ1) is 15.8. The van der Waals surface area contributed by atoms with E-state index in [1.54, 1.807) is 28.0 Å². The van der Waals surface area contributed by atoms with Crippen LogP contribution in [0.15, 0.2) is 34.4 Å². The number of hydrogen-bond donors (Lipinski definition) is 1. The lowest BCUT2D eigenvalue weighted by molar-refractivity contribution is 0.190. The topological polar surface area (TPSA) is 60.3 Å². The molecule has 3 rings (SSSR count). The van der Waals surface area contributed by atoms with Crippen LogP contribution in [-0.4, -0.2) is 51.8 Å². The Morgan fingerprint density at radius 2 is 2.09 bits per heavy atom. The summed E-state index contributed by atoms with van der Waals surface area (Å²) in [6.45, 7) is 5.16. The zero-order valence-electron chi connectivity index (χ0n) is 12.9. The predicted molar refractivity (Wildman–Crippen MR) is 89.9 cm³/mol. The number of amides is 2. The van der Waals surface area contributed by atoms with Gasteiger partial charge in [-0.1, -0.05) is 30.0 Å². The SMILES string of the molecule is CCN1C(=O)N(CC)C2SC(N/N=C/c3ccccc3F)=NC21. The quantitative estimate of drug-likeness (QED) is 0.678. The molecule has 23 heavy (non-hydrogen) atoms. The van der Waals surface area contributed by atoms with E-state index in [0.29, 0.717) is 23.8 Å². The molecule has 0 spiro atoms. The van der Waals surface area contributed by atoms with Gasteiger partial charge >= 0.3 is 6.03 Å². The molecule has 2 heterocycles. The fourth-order valence-electron chi connectivity index (χ4n) is 2.65. The van der Waals surface area contributed by atoms with E-state index >= 15 is 0 Å². The van der Waals surface area contributed by atoms with Crippen LogP contribution in [0.3, 0.4) is 0 Å². The minimum absolute atomic E-state index is 0.0233. The van der Waals surface area contributed by atoms with Gasteiger partial charge in [-0.3, -0.25) is 10.3 Å². The summed E-state index contributed by atoms with van der Waals surface area (Å²) in [5.74, 6) is -0.323. The van der Waals surface area contributed by atoms with Crippen LogP contribution in [0.25, 0.3) is 0 Å². The molecule has 2 aliphatic rings. The van der Waals surface area contributed by atoms with E-state index in [2.05, 4.69) is 15.5 Å². The third-order valence-corrected chi connectivity index (χ3v) is 4.96. The molecule has 2 aliphatic heterocycles. The molecule has 1 aromatic rings. The van der Waals surface area contributed by atoms with Crippen molar-refractivity contribution in [3.63, 3.8) is 0 Å². The average molecular weight is 335 g/mol. The summed E-state index contributed by atoms with van der Waals surface area (Å²) in [5, 5.41) is 4.65. The summed E-state index contributed by atoms with van der Waals surface area (Å²) in [4.78, 5) is 20.3. The molecular formula is C15H18FN5OS.